The molecule has 0 radical (unpaired) electrons. The summed E-state index contributed by atoms with van der Waals surface area (Å²) in [4.78, 5) is 2.80. The van der Waals surface area contributed by atoms with Gasteiger partial charge >= 0.3 is 0 Å². The van der Waals surface area contributed by atoms with Crippen LogP contribution in [0.25, 0.3) is 0 Å². The summed E-state index contributed by atoms with van der Waals surface area (Å²) in [5, 5.41) is 3.47. The van der Waals surface area contributed by atoms with Crippen LogP contribution in [0.1, 0.15) is 32.1 Å². The molecular formula is C14H26N2O. The Labute approximate surface area is 105 Å². The third kappa shape index (κ3) is 2.83. The predicted molar refractivity (Wildman–Crippen MR) is 69.1 cm³/mol. The summed E-state index contributed by atoms with van der Waals surface area (Å²) in [6.07, 6.45) is 6.81. The van der Waals surface area contributed by atoms with E-state index in [1.807, 2.05) is 0 Å². The Bertz CT molecular complexity index is 238. The van der Waals surface area contributed by atoms with Gasteiger partial charge in [0.05, 0.1) is 6.61 Å². The molecule has 0 aromatic heterocycles. The van der Waals surface area contributed by atoms with Crippen molar-refractivity contribution >= 4 is 0 Å². The number of likely N-dealkylation sites (tertiary alicyclic amines) is 1. The monoisotopic (exact) mass is 238 g/mol. The van der Waals surface area contributed by atoms with Crippen molar-refractivity contribution < 1.29 is 4.74 Å². The van der Waals surface area contributed by atoms with Gasteiger partial charge in [-0.1, -0.05) is 0 Å². The van der Waals surface area contributed by atoms with Gasteiger partial charge in [-0.3, -0.25) is 4.90 Å². The summed E-state index contributed by atoms with van der Waals surface area (Å²) in [5.41, 5.74) is 0. The Morgan fingerprint density at radius 3 is 2.88 bits per heavy atom. The molecule has 3 rings (SSSR count). The molecule has 3 aliphatic rings. The molecule has 17 heavy (non-hydrogen) atoms. The third-order valence-electron chi connectivity index (χ3n) is 4.87. The molecule has 2 atom stereocenters. The largest absolute Gasteiger partial charge is 0.381 e. The Morgan fingerprint density at radius 2 is 2.00 bits per heavy atom. The number of ether oxygens (including phenoxy) is 1. The fraction of sp³-hybridized carbons (Fsp3) is 1.00. The van der Waals surface area contributed by atoms with Crippen molar-refractivity contribution in [2.24, 2.45) is 11.8 Å². The Balaban J connectivity index is 1.56. The Hall–Kier alpha value is -0.120. The minimum Gasteiger partial charge on any atom is -0.381 e. The van der Waals surface area contributed by atoms with Crippen LogP contribution >= 0.6 is 0 Å². The normalized spacial score (nSPS) is 36.7. The van der Waals surface area contributed by atoms with Crippen molar-refractivity contribution in [3.63, 3.8) is 0 Å². The van der Waals surface area contributed by atoms with Crippen molar-refractivity contribution in [1.82, 2.24) is 10.2 Å². The molecule has 0 aromatic carbocycles. The van der Waals surface area contributed by atoms with Gasteiger partial charge < -0.3 is 10.1 Å². The number of nitrogens with one attached hydrogen (secondary N) is 1. The molecule has 0 amide bonds. The van der Waals surface area contributed by atoms with E-state index < -0.39 is 0 Å². The molecule has 3 nitrogen and oxygen atoms in total. The van der Waals surface area contributed by atoms with E-state index in [9.17, 15) is 0 Å². The van der Waals surface area contributed by atoms with Gasteiger partial charge in [0, 0.05) is 19.2 Å². The van der Waals surface area contributed by atoms with E-state index in [1.165, 1.54) is 58.3 Å². The van der Waals surface area contributed by atoms with Gasteiger partial charge in [-0.05, 0) is 63.6 Å². The lowest BCUT2D eigenvalue weighted by molar-refractivity contribution is -0.0411. The molecule has 0 bridgehead atoms. The third-order valence-corrected chi connectivity index (χ3v) is 4.87. The average molecular weight is 238 g/mol. The van der Waals surface area contributed by atoms with E-state index in [0.29, 0.717) is 0 Å². The molecule has 0 aliphatic carbocycles. The Kier molecular flexibility index (Phi) is 3.99. The van der Waals surface area contributed by atoms with Crippen LogP contribution in [0.2, 0.25) is 0 Å². The number of hydrogen-bond acceptors (Lipinski definition) is 3. The van der Waals surface area contributed by atoms with E-state index in [2.05, 4.69) is 10.2 Å². The highest BCUT2D eigenvalue weighted by Gasteiger charge is 2.34. The maximum absolute atomic E-state index is 5.64. The summed E-state index contributed by atoms with van der Waals surface area (Å²) in [7, 11) is 0. The molecule has 1 N–H and O–H groups in total. The summed E-state index contributed by atoms with van der Waals surface area (Å²) < 4.78 is 5.64. The predicted octanol–water partition coefficient (Wildman–Crippen LogP) is 1.49. The molecular weight excluding hydrogens is 212 g/mol. The molecule has 2 unspecified atom stereocenters. The second-order valence-corrected chi connectivity index (χ2v) is 6.02. The van der Waals surface area contributed by atoms with E-state index in [1.54, 1.807) is 0 Å². The number of nitrogens with zero attached hydrogens (tertiary/aromatic N) is 1. The van der Waals surface area contributed by atoms with Gasteiger partial charge in [0.1, 0.15) is 0 Å². The first-order valence-electron chi connectivity index (χ1n) is 7.46. The molecule has 3 heterocycles. The van der Waals surface area contributed by atoms with Crippen LogP contribution in [-0.4, -0.2) is 50.3 Å². The topological polar surface area (TPSA) is 24.5 Å². The van der Waals surface area contributed by atoms with E-state index in [4.69, 9.17) is 4.74 Å². The van der Waals surface area contributed by atoms with Crippen LogP contribution in [0.4, 0.5) is 0 Å². The van der Waals surface area contributed by atoms with Gasteiger partial charge in [0.25, 0.3) is 0 Å². The lowest BCUT2D eigenvalue weighted by atomic mass is 9.85. The van der Waals surface area contributed by atoms with Crippen LogP contribution in [0.3, 0.4) is 0 Å². The van der Waals surface area contributed by atoms with Gasteiger partial charge in [0.2, 0.25) is 0 Å². The van der Waals surface area contributed by atoms with Crippen molar-refractivity contribution in [3.8, 4) is 0 Å². The van der Waals surface area contributed by atoms with Crippen LogP contribution in [-0.2, 0) is 4.74 Å². The lowest BCUT2D eigenvalue weighted by Gasteiger charge is -2.45. The first kappa shape index (κ1) is 11.9. The van der Waals surface area contributed by atoms with Crippen molar-refractivity contribution in [2.45, 2.75) is 38.1 Å². The van der Waals surface area contributed by atoms with Crippen LogP contribution in [0, 0.1) is 11.8 Å². The zero-order valence-corrected chi connectivity index (χ0v) is 10.9. The number of rotatable bonds is 2. The summed E-state index contributed by atoms with van der Waals surface area (Å²) in [6, 6.07) is 0.840. The minimum atomic E-state index is 0.833. The molecule has 3 aliphatic heterocycles. The second-order valence-electron chi connectivity index (χ2n) is 6.02. The molecule has 98 valence electrons. The zero-order valence-electron chi connectivity index (χ0n) is 10.9. The molecule has 3 fully saturated rings. The molecule has 0 spiro atoms. The van der Waals surface area contributed by atoms with Gasteiger partial charge in [0.15, 0.2) is 0 Å². The van der Waals surface area contributed by atoms with Crippen molar-refractivity contribution in [2.75, 3.05) is 39.4 Å². The fourth-order valence-corrected chi connectivity index (χ4v) is 3.89. The van der Waals surface area contributed by atoms with E-state index >= 15 is 0 Å². The SMILES string of the molecule is C1CC2COCCC2N(CC2CCNCC2)C1. The van der Waals surface area contributed by atoms with E-state index in [0.717, 1.165) is 31.1 Å². The lowest BCUT2D eigenvalue weighted by Crippen LogP contribution is -2.51. The standard InChI is InChI=1S/C14H26N2O/c1-2-13-11-17-9-5-14(13)16(8-1)10-12-3-6-15-7-4-12/h12-15H,1-11H2. The van der Waals surface area contributed by atoms with Crippen molar-refractivity contribution in [1.29, 1.82) is 0 Å². The highest BCUT2D eigenvalue weighted by atomic mass is 16.5. The van der Waals surface area contributed by atoms with Crippen LogP contribution in [0.15, 0.2) is 0 Å². The highest BCUT2D eigenvalue weighted by molar-refractivity contribution is 4.88. The first-order chi connectivity index (χ1) is 8.43. The fourth-order valence-electron chi connectivity index (χ4n) is 3.89. The first-order valence-corrected chi connectivity index (χ1v) is 7.46. The molecule has 3 saturated heterocycles. The second kappa shape index (κ2) is 5.68. The van der Waals surface area contributed by atoms with Gasteiger partial charge in [-0.15, -0.1) is 0 Å². The minimum absolute atomic E-state index is 0.833. The quantitative estimate of drug-likeness (QED) is 0.789. The van der Waals surface area contributed by atoms with Gasteiger partial charge in [-0.25, -0.2) is 0 Å². The highest BCUT2D eigenvalue weighted by Crippen LogP contribution is 2.30. The van der Waals surface area contributed by atoms with Gasteiger partial charge in [-0.2, -0.15) is 0 Å². The molecule has 3 heteroatoms. The molecule has 0 saturated carbocycles. The number of fused-ring (bicyclic) bond motifs is 1. The number of piperidine rings is 2. The number of hydrogen-bond donors (Lipinski definition) is 1. The summed E-state index contributed by atoms with van der Waals surface area (Å²) in [6.45, 7) is 7.16. The van der Waals surface area contributed by atoms with Crippen LogP contribution < -0.4 is 5.32 Å². The Morgan fingerprint density at radius 1 is 1.12 bits per heavy atom. The average Bonchev–Trinajstić information content (AvgIpc) is 2.40. The molecule has 0 aromatic rings. The summed E-state index contributed by atoms with van der Waals surface area (Å²) in [5.74, 6) is 1.78. The van der Waals surface area contributed by atoms with Crippen molar-refractivity contribution in [3.05, 3.63) is 0 Å². The maximum atomic E-state index is 5.64. The zero-order chi connectivity index (χ0) is 11.5. The van der Waals surface area contributed by atoms with E-state index in [-0.39, 0.29) is 0 Å². The smallest absolute Gasteiger partial charge is 0.0509 e. The summed E-state index contributed by atoms with van der Waals surface area (Å²) >= 11 is 0. The maximum Gasteiger partial charge on any atom is 0.0509 e. The van der Waals surface area contributed by atoms with Crippen LogP contribution in [0.5, 0.6) is 0 Å².